The van der Waals surface area contributed by atoms with E-state index in [0.717, 1.165) is 17.5 Å². The van der Waals surface area contributed by atoms with Crippen molar-refractivity contribution in [2.75, 3.05) is 0 Å². The van der Waals surface area contributed by atoms with Crippen molar-refractivity contribution in [1.29, 1.82) is 0 Å². The van der Waals surface area contributed by atoms with Crippen molar-refractivity contribution in [3.8, 4) is 0 Å². The average Bonchev–Trinajstić information content (AvgIpc) is 2.47. The number of carbonyl (C=O) groups excluding carboxylic acids is 1. The molecule has 2 unspecified atom stereocenters. The van der Waals surface area contributed by atoms with Crippen molar-refractivity contribution in [3.05, 3.63) is 35.4 Å². The van der Waals surface area contributed by atoms with Gasteiger partial charge in [0.25, 0.3) is 5.91 Å². The largest absolute Gasteiger partial charge is 0.349 e. The molecular formula is C17H24ClNO. The molecule has 0 bridgehead atoms. The van der Waals surface area contributed by atoms with Gasteiger partial charge in [-0.25, -0.2) is 0 Å². The molecule has 1 saturated carbocycles. The van der Waals surface area contributed by atoms with E-state index in [9.17, 15) is 4.79 Å². The molecule has 1 aromatic rings. The van der Waals surface area contributed by atoms with Gasteiger partial charge in [0, 0.05) is 17.5 Å². The van der Waals surface area contributed by atoms with Crippen LogP contribution in [0.25, 0.3) is 0 Å². The van der Waals surface area contributed by atoms with Crippen molar-refractivity contribution < 1.29 is 4.79 Å². The number of benzene rings is 1. The molecule has 1 fully saturated rings. The molecule has 0 aliphatic heterocycles. The lowest BCUT2D eigenvalue weighted by Gasteiger charge is -2.34. The third-order valence-electron chi connectivity index (χ3n) is 4.36. The fraction of sp³-hybridized carbons (Fsp3) is 0.588. The first-order valence-corrected chi connectivity index (χ1v) is 8.11. The molecule has 1 aliphatic rings. The van der Waals surface area contributed by atoms with Crippen LogP contribution in [0.2, 0.25) is 0 Å². The minimum absolute atomic E-state index is 0.0451. The summed E-state index contributed by atoms with van der Waals surface area (Å²) in [6.45, 7) is 4.51. The number of hydrogen-bond donors (Lipinski definition) is 1. The van der Waals surface area contributed by atoms with Gasteiger partial charge < -0.3 is 5.32 Å². The second-order valence-corrected chi connectivity index (χ2v) is 6.37. The van der Waals surface area contributed by atoms with Crippen LogP contribution in [0.5, 0.6) is 0 Å². The zero-order chi connectivity index (χ0) is 14.5. The number of amides is 1. The molecule has 0 spiro atoms. The number of nitrogens with one attached hydrogen (secondary N) is 1. The summed E-state index contributed by atoms with van der Waals surface area (Å²) in [5.41, 5.74) is 1.77. The molecule has 2 nitrogen and oxygen atoms in total. The lowest BCUT2D eigenvalue weighted by Crippen LogP contribution is -2.43. The van der Waals surface area contributed by atoms with Crippen LogP contribution in [0, 0.1) is 11.8 Å². The normalized spacial score (nSPS) is 22.8. The van der Waals surface area contributed by atoms with Crippen LogP contribution < -0.4 is 5.32 Å². The summed E-state index contributed by atoms with van der Waals surface area (Å²) < 4.78 is 0. The molecule has 0 radical (unpaired) electrons. The van der Waals surface area contributed by atoms with Crippen LogP contribution in [0.1, 0.15) is 55.5 Å². The van der Waals surface area contributed by atoms with Crippen molar-refractivity contribution in [1.82, 2.24) is 5.32 Å². The van der Waals surface area contributed by atoms with E-state index in [-0.39, 0.29) is 5.91 Å². The highest BCUT2D eigenvalue weighted by molar-refractivity contribution is 6.17. The van der Waals surface area contributed by atoms with Gasteiger partial charge in [-0.2, -0.15) is 0 Å². The van der Waals surface area contributed by atoms with Crippen LogP contribution in [0.15, 0.2) is 24.3 Å². The molecule has 2 rings (SSSR count). The quantitative estimate of drug-likeness (QED) is 0.821. The zero-order valence-electron chi connectivity index (χ0n) is 12.4. The summed E-state index contributed by atoms with van der Waals surface area (Å²) in [6, 6.07) is 7.88. The maximum Gasteiger partial charge on any atom is 0.251 e. The Morgan fingerprint density at radius 2 is 1.90 bits per heavy atom. The van der Waals surface area contributed by atoms with Gasteiger partial charge in [0.2, 0.25) is 0 Å². The lowest BCUT2D eigenvalue weighted by atomic mass is 9.78. The number of alkyl halides is 1. The fourth-order valence-electron chi connectivity index (χ4n) is 3.13. The van der Waals surface area contributed by atoms with E-state index in [1.54, 1.807) is 0 Å². The minimum Gasteiger partial charge on any atom is -0.349 e. The Kier molecular flexibility index (Phi) is 5.47. The summed E-state index contributed by atoms with van der Waals surface area (Å²) >= 11 is 5.77. The summed E-state index contributed by atoms with van der Waals surface area (Å²) in [6.07, 6.45) is 4.85. The van der Waals surface area contributed by atoms with Gasteiger partial charge in [0.1, 0.15) is 0 Å². The highest BCUT2D eigenvalue weighted by Gasteiger charge is 2.28. The minimum atomic E-state index is 0.0451. The molecule has 3 heteroatoms. The number of rotatable bonds is 4. The topological polar surface area (TPSA) is 29.1 Å². The Balaban J connectivity index is 2.01. The van der Waals surface area contributed by atoms with Gasteiger partial charge in [0.05, 0.1) is 0 Å². The Morgan fingerprint density at radius 1 is 1.25 bits per heavy atom. The Morgan fingerprint density at radius 3 is 2.50 bits per heavy atom. The maximum absolute atomic E-state index is 12.3. The molecule has 0 heterocycles. The predicted octanol–water partition coefficient (Wildman–Crippen LogP) is 4.37. The zero-order valence-corrected chi connectivity index (χ0v) is 13.1. The monoisotopic (exact) mass is 293 g/mol. The van der Waals surface area contributed by atoms with E-state index in [2.05, 4.69) is 19.2 Å². The first kappa shape index (κ1) is 15.4. The summed E-state index contributed by atoms with van der Waals surface area (Å²) in [5.74, 6) is 1.76. The molecule has 1 amide bonds. The van der Waals surface area contributed by atoms with Crippen molar-refractivity contribution in [3.63, 3.8) is 0 Å². The predicted molar refractivity (Wildman–Crippen MR) is 84.0 cm³/mol. The van der Waals surface area contributed by atoms with Crippen molar-refractivity contribution in [2.45, 2.75) is 51.5 Å². The molecule has 20 heavy (non-hydrogen) atoms. The molecule has 110 valence electrons. The van der Waals surface area contributed by atoms with Gasteiger partial charge in [-0.1, -0.05) is 38.8 Å². The third kappa shape index (κ3) is 3.76. The SMILES string of the molecule is CC(C)C1CCCCC1NC(=O)c1ccc(CCl)cc1. The standard InChI is InChI=1S/C17H24ClNO/c1-12(2)15-5-3-4-6-16(15)19-17(20)14-9-7-13(11-18)8-10-14/h7-10,12,15-16H,3-6,11H2,1-2H3,(H,19,20). The van der Waals surface area contributed by atoms with Crippen LogP contribution >= 0.6 is 11.6 Å². The Bertz CT molecular complexity index is 441. The molecule has 1 aromatic carbocycles. The van der Waals surface area contributed by atoms with E-state index >= 15 is 0 Å². The van der Waals surface area contributed by atoms with Crippen molar-refractivity contribution >= 4 is 17.5 Å². The third-order valence-corrected chi connectivity index (χ3v) is 4.67. The highest BCUT2D eigenvalue weighted by atomic mass is 35.5. The lowest BCUT2D eigenvalue weighted by molar-refractivity contribution is 0.0889. The van der Waals surface area contributed by atoms with E-state index in [1.165, 1.54) is 19.3 Å². The second-order valence-electron chi connectivity index (χ2n) is 6.10. The Hall–Kier alpha value is -1.02. The van der Waals surface area contributed by atoms with Gasteiger partial charge in [-0.15, -0.1) is 11.6 Å². The van der Waals surface area contributed by atoms with Gasteiger partial charge >= 0.3 is 0 Å². The van der Waals surface area contributed by atoms with Gasteiger partial charge in [0.15, 0.2) is 0 Å². The maximum atomic E-state index is 12.3. The van der Waals surface area contributed by atoms with E-state index in [4.69, 9.17) is 11.6 Å². The van der Waals surface area contributed by atoms with Gasteiger partial charge in [-0.05, 0) is 42.4 Å². The molecule has 0 aromatic heterocycles. The number of halogens is 1. The number of carbonyl (C=O) groups is 1. The van der Waals surface area contributed by atoms with Crippen molar-refractivity contribution in [2.24, 2.45) is 11.8 Å². The first-order chi connectivity index (χ1) is 9.61. The first-order valence-electron chi connectivity index (χ1n) is 7.57. The van der Waals surface area contributed by atoms with Crippen LogP contribution in [0.4, 0.5) is 0 Å². The smallest absolute Gasteiger partial charge is 0.251 e. The molecule has 1 N–H and O–H groups in total. The highest BCUT2D eigenvalue weighted by Crippen LogP contribution is 2.30. The molecular weight excluding hydrogens is 270 g/mol. The molecule has 0 saturated heterocycles. The molecule has 2 atom stereocenters. The molecule has 1 aliphatic carbocycles. The number of hydrogen-bond acceptors (Lipinski definition) is 1. The second kappa shape index (κ2) is 7.12. The fourth-order valence-corrected chi connectivity index (χ4v) is 3.31. The van der Waals surface area contributed by atoms with Gasteiger partial charge in [-0.3, -0.25) is 4.79 Å². The average molecular weight is 294 g/mol. The van der Waals surface area contributed by atoms with Crippen LogP contribution in [-0.2, 0) is 5.88 Å². The van der Waals surface area contributed by atoms with E-state index < -0.39 is 0 Å². The van der Waals surface area contributed by atoms with Crippen LogP contribution in [-0.4, -0.2) is 11.9 Å². The Labute approximate surface area is 126 Å². The van der Waals surface area contributed by atoms with E-state index in [0.29, 0.717) is 23.8 Å². The van der Waals surface area contributed by atoms with E-state index in [1.807, 2.05) is 24.3 Å². The summed E-state index contributed by atoms with van der Waals surface area (Å²) in [7, 11) is 0. The summed E-state index contributed by atoms with van der Waals surface area (Å²) in [4.78, 5) is 12.3. The van der Waals surface area contributed by atoms with Crippen LogP contribution in [0.3, 0.4) is 0 Å². The summed E-state index contributed by atoms with van der Waals surface area (Å²) in [5, 5.41) is 3.23.